The summed E-state index contributed by atoms with van der Waals surface area (Å²) >= 11 is 5.80. The first-order chi connectivity index (χ1) is 7.13. The van der Waals surface area contributed by atoms with Crippen molar-refractivity contribution in [2.24, 2.45) is 0 Å². The summed E-state index contributed by atoms with van der Waals surface area (Å²) in [6.45, 7) is 6.26. The highest BCUT2D eigenvalue weighted by molar-refractivity contribution is 6.30. The Morgan fingerprint density at radius 2 is 2.27 bits per heavy atom. The average molecular weight is 227 g/mol. The zero-order valence-corrected chi connectivity index (χ0v) is 9.55. The van der Waals surface area contributed by atoms with Gasteiger partial charge in [0.2, 0.25) is 0 Å². The molecule has 0 aliphatic heterocycles. The van der Waals surface area contributed by atoms with Gasteiger partial charge in [-0.3, -0.25) is 0 Å². The molecule has 1 aromatic rings. The Kier molecular flexibility index (Phi) is 4.66. The van der Waals surface area contributed by atoms with Crippen LogP contribution in [0.3, 0.4) is 0 Å². The molecule has 0 saturated heterocycles. The minimum Gasteiger partial charge on any atom is -0.493 e. The highest BCUT2D eigenvalue weighted by Gasteiger charge is 2.03. The standard InChI is InChI=1S/C12H15ClO2/c1-9(2)5-6-15-12-4-3-11(13)7-10(12)8-14/h3-4,7,14H,1,5-6,8H2,2H3. The van der Waals surface area contributed by atoms with Gasteiger partial charge in [-0.05, 0) is 25.1 Å². The third-order valence-corrected chi connectivity index (χ3v) is 2.21. The van der Waals surface area contributed by atoms with Crippen molar-refractivity contribution in [2.75, 3.05) is 6.61 Å². The van der Waals surface area contributed by atoms with E-state index in [0.717, 1.165) is 12.0 Å². The smallest absolute Gasteiger partial charge is 0.124 e. The molecule has 0 spiro atoms. The first-order valence-electron chi connectivity index (χ1n) is 4.80. The molecule has 82 valence electrons. The fourth-order valence-electron chi connectivity index (χ4n) is 1.15. The molecule has 3 heteroatoms. The molecule has 0 radical (unpaired) electrons. The van der Waals surface area contributed by atoms with Crippen LogP contribution in [0.5, 0.6) is 5.75 Å². The molecule has 0 aliphatic carbocycles. The third-order valence-electron chi connectivity index (χ3n) is 1.98. The van der Waals surface area contributed by atoms with Gasteiger partial charge in [-0.1, -0.05) is 17.2 Å². The van der Waals surface area contributed by atoms with Gasteiger partial charge in [0.15, 0.2) is 0 Å². The van der Waals surface area contributed by atoms with Gasteiger partial charge in [-0.15, -0.1) is 6.58 Å². The Labute approximate surface area is 95.1 Å². The molecule has 0 amide bonds. The van der Waals surface area contributed by atoms with Crippen molar-refractivity contribution in [3.63, 3.8) is 0 Å². The largest absolute Gasteiger partial charge is 0.493 e. The van der Waals surface area contributed by atoms with Gasteiger partial charge >= 0.3 is 0 Å². The molecule has 0 aliphatic rings. The molecular formula is C12H15ClO2. The second-order valence-electron chi connectivity index (χ2n) is 3.47. The molecule has 1 aromatic carbocycles. The molecular weight excluding hydrogens is 212 g/mol. The molecule has 0 aromatic heterocycles. The lowest BCUT2D eigenvalue weighted by Crippen LogP contribution is -2.00. The van der Waals surface area contributed by atoms with Crippen LogP contribution in [0.25, 0.3) is 0 Å². The average Bonchev–Trinajstić information content (AvgIpc) is 2.19. The van der Waals surface area contributed by atoms with Crippen LogP contribution in [-0.2, 0) is 6.61 Å². The van der Waals surface area contributed by atoms with Crippen LogP contribution in [0.15, 0.2) is 30.4 Å². The minimum absolute atomic E-state index is 0.0665. The third kappa shape index (κ3) is 3.94. The molecule has 0 saturated carbocycles. The monoisotopic (exact) mass is 226 g/mol. The van der Waals surface area contributed by atoms with E-state index in [4.69, 9.17) is 21.4 Å². The fraction of sp³-hybridized carbons (Fsp3) is 0.333. The molecule has 0 bridgehead atoms. The van der Waals surface area contributed by atoms with Crippen LogP contribution >= 0.6 is 11.6 Å². The zero-order chi connectivity index (χ0) is 11.3. The van der Waals surface area contributed by atoms with Gasteiger partial charge in [-0.2, -0.15) is 0 Å². The van der Waals surface area contributed by atoms with Crippen LogP contribution in [-0.4, -0.2) is 11.7 Å². The van der Waals surface area contributed by atoms with E-state index in [0.29, 0.717) is 22.9 Å². The summed E-state index contributed by atoms with van der Waals surface area (Å²) in [7, 11) is 0. The van der Waals surface area contributed by atoms with Crippen LogP contribution in [0, 0.1) is 0 Å². The summed E-state index contributed by atoms with van der Waals surface area (Å²) in [5.74, 6) is 0.683. The predicted molar refractivity (Wildman–Crippen MR) is 62.3 cm³/mol. The Hall–Kier alpha value is -0.990. The summed E-state index contributed by atoms with van der Waals surface area (Å²) in [5, 5.41) is 9.70. The Balaban J connectivity index is 2.63. The Morgan fingerprint density at radius 1 is 1.53 bits per heavy atom. The molecule has 1 rings (SSSR count). The number of benzene rings is 1. The maximum atomic E-state index is 9.10. The Morgan fingerprint density at radius 3 is 2.87 bits per heavy atom. The summed E-state index contributed by atoms with van der Waals surface area (Å²) in [6, 6.07) is 5.22. The van der Waals surface area contributed by atoms with Crippen molar-refractivity contribution in [3.05, 3.63) is 40.9 Å². The molecule has 0 heterocycles. The summed E-state index contributed by atoms with van der Waals surface area (Å²) in [5.41, 5.74) is 1.79. The van der Waals surface area contributed by atoms with Gasteiger partial charge in [-0.25, -0.2) is 0 Å². The maximum absolute atomic E-state index is 9.10. The van der Waals surface area contributed by atoms with Crippen LogP contribution < -0.4 is 4.74 Å². The van der Waals surface area contributed by atoms with Gasteiger partial charge < -0.3 is 9.84 Å². The number of halogens is 1. The van der Waals surface area contributed by atoms with E-state index in [-0.39, 0.29) is 6.61 Å². The highest BCUT2D eigenvalue weighted by atomic mass is 35.5. The Bertz CT molecular complexity index is 347. The van der Waals surface area contributed by atoms with E-state index in [1.807, 2.05) is 6.92 Å². The highest BCUT2D eigenvalue weighted by Crippen LogP contribution is 2.23. The molecule has 15 heavy (non-hydrogen) atoms. The van der Waals surface area contributed by atoms with Crippen molar-refractivity contribution in [3.8, 4) is 5.75 Å². The van der Waals surface area contributed by atoms with Gasteiger partial charge in [0.25, 0.3) is 0 Å². The van der Waals surface area contributed by atoms with Gasteiger partial charge in [0.1, 0.15) is 5.75 Å². The van der Waals surface area contributed by atoms with E-state index in [1.165, 1.54) is 0 Å². The lowest BCUT2D eigenvalue weighted by atomic mass is 10.2. The second kappa shape index (κ2) is 5.79. The molecule has 0 fully saturated rings. The molecule has 0 unspecified atom stereocenters. The van der Waals surface area contributed by atoms with Gasteiger partial charge in [0, 0.05) is 17.0 Å². The van der Waals surface area contributed by atoms with Crippen molar-refractivity contribution in [2.45, 2.75) is 20.0 Å². The lowest BCUT2D eigenvalue weighted by molar-refractivity contribution is 0.264. The van der Waals surface area contributed by atoms with Crippen LogP contribution in [0.2, 0.25) is 5.02 Å². The van der Waals surface area contributed by atoms with Crippen LogP contribution in [0.4, 0.5) is 0 Å². The summed E-state index contributed by atoms with van der Waals surface area (Å²) in [6.07, 6.45) is 0.813. The number of aliphatic hydroxyl groups is 1. The van der Waals surface area contributed by atoms with E-state index in [9.17, 15) is 0 Å². The van der Waals surface area contributed by atoms with Crippen molar-refractivity contribution < 1.29 is 9.84 Å². The van der Waals surface area contributed by atoms with Gasteiger partial charge in [0.05, 0.1) is 13.2 Å². The number of ether oxygens (including phenoxy) is 1. The number of aliphatic hydroxyl groups excluding tert-OH is 1. The van der Waals surface area contributed by atoms with Crippen molar-refractivity contribution in [1.29, 1.82) is 0 Å². The zero-order valence-electron chi connectivity index (χ0n) is 8.79. The molecule has 1 N–H and O–H groups in total. The second-order valence-corrected chi connectivity index (χ2v) is 3.90. The first-order valence-corrected chi connectivity index (χ1v) is 5.17. The summed E-state index contributed by atoms with van der Waals surface area (Å²) in [4.78, 5) is 0. The van der Waals surface area contributed by atoms with E-state index in [1.54, 1.807) is 18.2 Å². The summed E-state index contributed by atoms with van der Waals surface area (Å²) < 4.78 is 5.51. The number of hydrogen-bond donors (Lipinski definition) is 1. The molecule has 0 atom stereocenters. The van der Waals surface area contributed by atoms with E-state index < -0.39 is 0 Å². The van der Waals surface area contributed by atoms with Crippen molar-refractivity contribution >= 4 is 11.6 Å². The quantitative estimate of drug-likeness (QED) is 0.782. The SMILES string of the molecule is C=C(C)CCOc1ccc(Cl)cc1CO. The first kappa shape index (κ1) is 12.1. The lowest BCUT2D eigenvalue weighted by Gasteiger charge is -2.10. The van der Waals surface area contributed by atoms with E-state index in [2.05, 4.69) is 6.58 Å². The normalized spacial score (nSPS) is 10.1. The predicted octanol–water partition coefficient (Wildman–Crippen LogP) is 3.18. The topological polar surface area (TPSA) is 29.5 Å². The van der Waals surface area contributed by atoms with Crippen LogP contribution in [0.1, 0.15) is 18.9 Å². The molecule has 2 nitrogen and oxygen atoms in total. The fourth-order valence-corrected chi connectivity index (χ4v) is 1.34. The van der Waals surface area contributed by atoms with E-state index >= 15 is 0 Å². The minimum atomic E-state index is -0.0665. The number of hydrogen-bond acceptors (Lipinski definition) is 2. The maximum Gasteiger partial charge on any atom is 0.124 e. The van der Waals surface area contributed by atoms with Crippen molar-refractivity contribution in [1.82, 2.24) is 0 Å². The number of rotatable bonds is 5.